The Morgan fingerprint density at radius 2 is 1.83 bits per heavy atom. The monoisotopic (exact) mass is 170 g/mol. The van der Waals surface area contributed by atoms with E-state index in [1.54, 1.807) is 0 Å². The van der Waals surface area contributed by atoms with Crippen LogP contribution in [-0.2, 0) is 4.74 Å². The Balaban J connectivity index is 3.11. The van der Waals surface area contributed by atoms with Crippen molar-refractivity contribution in [2.45, 2.75) is 34.1 Å². The van der Waals surface area contributed by atoms with Crippen molar-refractivity contribution >= 4 is 0 Å². The zero-order valence-electron chi connectivity index (χ0n) is 8.84. The molecule has 0 heterocycles. The predicted molar refractivity (Wildman–Crippen MR) is 54.3 cm³/mol. The van der Waals surface area contributed by atoms with E-state index >= 15 is 0 Å². The average molecular weight is 170 g/mol. The molecule has 0 aliphatic rings. The SMILES string of the molecule is CC(C)C=CCOCCC(C)C. The first kappa shape index (κ1) is 11.7. The van der Waals surface area contributed by atoms with Gasteiger partial charge in [0.1, 0.15) is 0 Å². The number of rotatable bonds is 6. The predicted octanol–water partition coefficient (Wildman–Crippen LogP) is 3.26. The van der Waals surface area contributed by atoms with Crippen molar-refractivity contribution in [2.75, 3.05) is 13.2 Å². The summed E-state index contributed by atoms with van der Waals surface area (Å²) in [6, 6.07) is 0. The second kappa shape index (κ2) is 7.35. The van der Waals surface area contributed by atoms with E-state index in [0.29, 0.717) is 5.92 Å². The summed E-state index contributed by atoms with van der Waals surface area (Å²) in [6.07, 6.45) is 5.44. The molecule has 1 nitrogen and oxygen atoms in total. The standard InChI is InChI=1S/C11H22O/c1-10(2)6-5-8-12-9-7-11(3)4/h5-6,10-11H,7-9H2,1-4H3. The van der Waals surface area contributed by atoms with Gasteiger partial charge in [-0.3, -0.25) is 0 Å². The molecule has 0 fully saturated rings. The molecule has 0 rings (SSSR count). The van der Waals surface area contributed by atoms with E-state index in [4.69, 9.17) is 4.74 Å². The molecule has 0 saturated carbocycles. The maximum absolute atomic E-state index is 5.41. The Kier molecular flexibility index (Phi) is 7.17. The highest BCUT2D eigenvalue weighted by Gasteiger charge is 1.91. The summed E-state index contributed by atoms with van der Waals surface area (Å²) in [5.41, 5.74) is 0. The third kappa shape index (κ3) is 9.70. The highest BCUT2D eigenvalue weighted by Crippen LogP contribution is 1.99. The van der Waals surface area contributed by atoms with Crippen molar-refractivity contribution in [1.29, 1.82) is 0 Å². The number of hydrogen-bond acceptors (Lipinski definition) is 1. The van der Waals surface area contributed by atoms with Gasteiger partial charge in [-0.25, -0.2) is 0 Å². The van der Waals surface area contributed by atoms with Crippen LogP contribution >= 0.6 is 0 Å². The van der Waals surface area contributed by atoms with Crippen LogP contribution in [0.15, 0.2) is 12.2 Å². The minimum Gasteiger partial charge on any atom is -0.377 e. The van der Waals surface area contributed by atoms with Crippen LogP contribution < -0.4 is 0 Å². The molecule has 72 valence electrons. The first-order valence-electron chi connectivity index (χ1n) is 4.87. The van der Waals surface area contributed by atoms with Crippen molar-refractivity contribution in [3.05, 3.63) is 12.2 Å². The van der Waals surface area contributed by atoms with Crippen molar-refractivity contribution in [3.63, 3.8) is 0 Å². The van der Waals surface area contributed by atoms with E-state index in [1.807, 2.05) is 0 Å². The molecule has 0 atom stereocenters. The molecule has 1 heteroatoms. The van der Waals surface area contributed by atoms with Crippen LogP contribution in [0.2, 0.25) is 0 Å². The van der Waals surface area contributed by atoms with Gasteiger partial charge < -0.3 is 4.74 Å². The third-order valence-electron chi connectivity index (χ3n) is 1.57. The molecular weight excluding hydrogens is 148 g/mol. The molecular formula is C11H22O. The van der Waals surface area contributed by atoms with Crippen molar-refractivity contribution < 1.29 is 4.74 Å². The lowest BCUT2D eigenvalue weighted by Crippen LogP contribution is -1.98. The summed E-state index contributed by atoms with van der Waals surface area (Å²) in [6.45, 7) is 10.4. The smallest absolute Gasteiger partial charge is 0.0647 e. The number of hydrogen-bond donors (Lipinski definition) is 0. The second-order valence-electron chi connectivity index (χ2n) is 3.93. The summed E-state index contributed by atoms with van der Waals surface area (Å²) >= 11 is 0. The van der Waals surface area contributed by atoms with Gasteiger partial charge in [0.2, 0.25) is 0 Å². The zero-order chi connectivity index (χ0) is 9.40. The summed E-state index contributed by atoms with van der Waals surface area (Å²) in [7, 11) is 0. The topological polar surface area (TPSA) is 9.23 Å². The Labute approximate surface area is 76.8 Å². The Morgan fingerprint density at radius 3 is 2.33 bits per heavy atom. The van der Waals surface area contributed by atoms with Gasteiger partial charge in [0.05, 0.1) is 6.61 Å². The molecule has 0 aromatic rings. The molecule has 0 aliphatic carbocycles. The van der Waals surface area contributed by atoms with Crippen molar-refractivity contribution in [2.24, 2.45) is 11.8 Å². The normalized spacial score (nSPS) is 12.2. The van der Waals surface area contributed by atoms with Crippen LogP contribution in [0, 0.1) is 11.8 Å². The van der Waals surface area contributed by atoms with E-state index in [9.17, 15) is 0 Å². The molecule has 12 heavy (non-hydrogen) atoms. The Bertz CT molecular complexity index is 114. The van der Waals surface area contributed by atoms with Crippen LogP contribution in [0.5, 0.6) is 0 Å². The van der Waals surface area contributed by atoms with Crippen LogP contribution in [-0.4, -0.2) is 13.2 Å². The van der Waals surface area contributed by atoms with E-state index in [1.165, 1.54) is 0 Å². The second-order valence-corrected chi connectivity index (χ2v) is 3.93. The minimum atomic E-state index is 0.638. The molecule has 0 spiro atoms. The van der Waals surface area contributed by atoms with E-state index in [0.717, 1.165) is 25.6 Å². The average Bonchev–Trinajstić information content (AvgIpc) is 1.95. The van der Waals surface area contributed by atoms with Crippen molar-refractivity contribution in [3.8, 4) is 0 Å². The first-order chi connectivity index (χ1) is 5.63. The Hall–Kier alpha value is -0.300. The molecule has 0 aromatic heterocycles. The largest absolute Gasteiger partial charge is 0.377 e. The van der Waals surface area contributed by atoms with Crippen LogP contribution in [0.1, 0.15) is 34.1 Å². The van der Waals surface area contributed by atoms with Crippen molar-refractivity contribution in [1.82, 2.24) is 0 Å². The number of ether oxygens (including phenoxy) is 1. The maximum atomic E-state index is 5.41. The summed E-state index contributed by atoms with van der Waals surface area (Å²) < 4.78 is 5.41. The van der Waals surface area contributed by atoms with Crippen LogP contribution in [0.3, 0.4) is 0 Å². The van der Waals surface area contributed by atoms with E-state index in [2.05, 4.69) is 39.8 Å². The van der Waals surface area contributed by atoms with Crippen LogP contribution in [0.4, 0.5) is 0 Å². The lowest BCUT2D eigenvalue weighted by Gasteiger charge is -2.03. The maximum Gasteiger partial charge on any atom is 0.0647 e. The van der Waals surface area contributed by atoms with Gasteiger partial charge in [-0.05, 0) is 18.3 Å². The summed E-state index contributed by atoms with van der Waals surface area (Å²) in [4.78, 5) is 0. The highest BCUT2D eigenvalue weighted by atomic mass is 16.5. The molecule has 0 aromatic carbocycles. The Morgan fingerprint density at radius 1 is 1.17 bits per heavy atom. The van der Waals surface area contributed by atoms with Gasteiger partial charge in [-0.2, -0.15) is 0 Å². The molecule has 0 radical (unpaired) electrons. The summed E-state index contributed by atoms with van der Waals surface area (Å²) in [5.74, 6) is 1.39. The quantitative estimate of drug-likeness (QED) is 0.439. The molecule has 0 N–H and O–H groups in total. The third-order valence-corrected chi connectivity index (χ3v) is 1.57. The fourth-order valence-electron chi connectivity index (χ4n) is 0.798. The van der Waals surface area contributed by atoms with E-state index in [-0.39, 0.29) is 0 Å². The van der Waals surface area contributed by atoms with E-state index < -0.39 is 0 Å². The molecule has 0 aliphatic heterocycles. The molecule has 0 bridgehead atoms. The summed E-state index contributed by atoms with van der Waals surface area (Å²) in [5, 5.41) is 0. The zero-order valence-corrected chi connectivity index (χ0v) is 8.84. The van der Waals surface area contributed by atoms with Crippen LogP contribution in [0.25, 0.3) is 0 Å². The molecule has 0 saturated heterocycles. The molecule has 0 amide bonds. The lowest BCUT2D eigenvalue weighted by atomic mass is 10.1. The van der Waals surface area contributed by atoms with Gasteiger partial charge in [-0.1, -0.05) is 39.8 Å². The number of allylic oxidation sites excluding steroid dienone is 1. The lowest BCUT2D eigenvalue weighted by molar-refractivity contribution is 0.149. The van der Waals surface area contributed by atoms with Gasteiger partial charge in [-0.15, -0.1) is 0 Å². The van der Waals surface area contributed by atoms with Gasteiger partial charge in [0, 0.05) is 6.61 Å². The van der Waals surface area contributed by atoms with Gasteiger partial charge >= 0.3 is 0 Å². The first-order valence-corrected chi connectivity index (χ1v) is 4.87. The minimum absolute atomic E-state index is 0.638. The highest BCUT2D eigenvalue weighted by molar-refractivity contribution is 4.83. The molecule has 0 unspecified atom stereocenters. The fraction of sp³-hybridized carbons (Fsp3) is 0.818. The van der Waals surface area contributed by atoms with Gasteiger partial charge in [0.25, 0.3) is 0 Å². The fourth-order valence-corrected chi connectivity index (χ4v) is 0.798. The van der Waals surface area contributed by atoms with Gasteiger partial charge in [0.15, 0.2) is 0 Å².